The normalized spacial score (nSPS) is 10.6. The van der Waals surface area contributed by atoms with E-state index in [1.54, 1.807) is 29.5 Å². The van der Waals surface area contributed by atoms with Crippen LogP contribution >= 0.6 is 22.6 Å². The third-order valence-electron chi connectivity index (χ3n) is 2.14. The molecule has 16 heavy (non-hydrogen) atoms. The molecular weight excluding hydrogens is 331 g/mol. The van der Waals surface area contributed by atoms with E-state index in [4.69, 9.17) is 0 Å². The second-order valence-corrected chi connectivity index (χ2v) is 4.22. The average molecular weight is 341 g/mol. The molecule has 1 aromatic heterocycles. The van der Waals surface area contributed by atoms with Crippen molar-refractivity contribution in [3.63, 3.8) is 0 Å². The second-order valence-electron chi connectivity index (χ2n) is 3.15. The Kier molecular flexibility index (Phi) is 4.57. The minimum atomic E-state index is -2.59. The van der Waals surface area contributed by atoms with Gasteiger partial charge < -0.3 is 4.74 Å². The van der Waals surface area contributed by atoms with Gasteiger partial charge in [0.2, 0.25) is 0 Å². The maximum Gasteiger partial charge on any atom is 0.310 e. The summed E-state index contributed by atoms with van der Waals surface area (Å²) in [6.07, 6.45) is -1.48. The Balaban J connectivity index is 3.16. The standard InChI is InChI=1S/C10H10F2INO2/c1-5-6(3-8(15)16-2)9(13)7(4-14-5)10(11)12/h4,10H,3H2,1-2H3. The van der Waals surface area contributed by atoms with Crippen LogP contribution in [0.2, 0.25) is 0 Å². The number of methoxy groups -OCH3 is 1. The summed E-state index contributed by atoms with van der Waals surface area (Å²) in [5.74, 6) is -0.464. The van der Waals surface area contributed by atoms with E-state index in [1.165, 1.54) is 7.11 Å². The first-order chi connectivity index (χ1) is 7.47. The largest absolute Gasteiger partial charge is 0.469 e. The Bertz CT molecular complexity index is 410. The Morgan fingerprint density at radius 2 is 2.25 bits per heavy atom. The predicted molar refractivity (Wildman–Crippen MR) is 62.4 cm³/mol. The number of halogens is 3. The van der Waals surface area contributed by atoms with E-state index in [0.717, 1.165) is 6.20 Å². The van der Waals surface area contributed by atoms with Gasteiger partial charge >= 0.3 is 5.97 Å². The van der Waals surface area contributed by atoms with Crippen molar-refractivity contribution in [2.75, 3.05) is 7.11 Å². The molecule has 0 bridgehead atoms. The smallest absolute Gasteiger partial charge is 0.310 e. The van der Waals surface area contributed by atoms with Crippen LogP contribution in [0.5, 0.6) is 0 Å². The van der Waals surface area contributed by atoms with Crippen LogP contribution < -0.4 is 0 Å². The number of alkyl halides is 2. The van der Waals surface area contributed by atoms with Crippen LogP contribution in [0.15, 0.2) is 6.20 Å². The number of rotatable bonds is 3. The highest BCUT2D eigenvalue weighted by Gasteiger charge is 2.18. The molecule has 1 rings (SSSR count). The number of hydrogen-bond acceptors (Lipinski definition) is 3. The molecule has 0 spiro atoms. The summed E-state index contributed by atoms with van der Waals surface area (Å²) >= 11 is 1.80. The first-order valence-corrected chi connectivity index (χ1v) is 5.54. The summed E-state index contributed by atoms with van der Waals surface area (Å²) in [6, 6.07) is 0. The van der Waals surface area contributed by atoms with Gasteiger partial charge in [-0.25, -0.2) is 8.78 Å². The summed E-state index contributed by atoms with van der Waals surface area (Å²) < 4.78 is 30.1. The average Bonchev–Trinajstić information content (AvgIpc) is 2.23. The molecule has 1 heterocycles. The Hall–Kier alpha value is -0.790. The molecule has 0 fully saturated rings. The van der Waals surface area contributed by atoms with Gasteiger partial charge in [-0.15, -0.1) is 0 Å². The molecule has 0 radical (unpaired) electrons. The first kappa shape index (κ1) is 13.3. The fraction of sp³-hybridized carbons (Fsp3) is 0.400. The number of aromatic nitrogens is 1. The lowest BCUT2D eigenvalue weighted by atomic mass is 10.1. The Labute approximate surface area is 105 Å². The van der Waals surface area contributed by atoms with E-state index in [0.29, 0.717) is 14.8 Å². The number of esters is 1. The third kappa shape index (κ3) is 2.87. The summed E-state index contributed by atoms with van der Waals surface area (Å²) in [7, 11) is 1.26. The molecular formula is C10H10F2INO2. The third-order valence-corrected chi connectivity index (χ3v) is 3.41. The van der Waals surface area contributed by atoms with Gasteiger partial charge in [0.1, 0.15) is 0 Å². The second kappa shape index (κ2) is 5.51. The van der Waals surface area contributed by atoms with E-state index >= 15 is 0 Å². The van der Waals surface area contributed by atoms with Crippen molar-refractivity contribution in [2.45, 2.75) is 19.8 Å². The van der Waals surface area contributed by atoms with Crippen molar-refractivity contribution in [3.8, 4) is 0 Å². The van der Waals surface area contributed by atoms with Crippen LogP contribution in [0.1, 0.15) is 23.2 Å². The van der Waals surface area contributed by atoms with Crippen molar-refractivity contribution < 1.29 is 18.3 Å². The van der Waals surface area contributed by atoms with Crippen LogP contribution in [-0.4, -0.2) is 18.1 Å². The fourth-order valence-electron chi connectivity index (χ4n) is 1.21. The highest BCUT2D eigenvalue weighted by molar-refractivity contribution is 14.1. The molecule has 0 aliphatic heterocycles. The topological polar surface area (TPSA) is 39.2 Å². The number of aryl methyl sites for hydroxylation is 1. The molecule has 3 nitrogen and oxygen atoms in total. The van der Waals surface area contributed by atoms with Gasteiger partial charge in [-0.2, -0.15) is 0 Å². The quantitative estimate of drug-likeness (QED) is 0.627. The minimum absolute atomic E-state index is 0.0336. The molecule has 6 heteroatoms. The van der Waals surface area contributed by atoms with Crippen molar-refractivity contribution in [2.24, 2.45) is 0 Å². The van der Waals surface area contributed by atoms with Crippen LogP contribution in [0.3, 0.4) is 0 Å². The molecule has 0 saturated carbocycles. The van der Waals surface area contributed by atoms with Gasteiger partial charge in [0.05, 0.1) is 13.5 Å². The van der Waals surface area contributed by atoms with Crippen LogP contribution in [0, 0.1) is 10.5 Å². The molecule has 88 valence electrons. The minimum Gasteiger partial charge on any atom is -0.469 e. The molecule has 0 atom stereocenters. The Morgan fingerprint density at radius 3 is 2.75 bits per heavy atom. The molecule has 0 saturated heterocycles. The van der Waals surface area contributed by atoms with Gasteiger partial charge in [0.25, 0.3) is 6.43 Å². The van der Waals surface area contributed by atoms with E-state index in [2.05, 4.69) is 9.72 Å². The number of carbonyl (C=O) groups is 1. The van der Waals surface area contributed by atoms with Crippen LogP contribution in [-0.2, 0) is 16.0 Å². The zero-order valence-corrected chi connectivity index (χ0v) is 10.9. The molecule has 0 N–H and O–H groups in total. The predicted octanol–water partition coefficient (Wildman–Crippen LogP) is 2.65. The van der Waals surface area contributed by atoms with Gasteiger partial charge in [0, 0.05) is 21.0 Å². The van der Waals surface area contributed by atoms with Crippen molar-refractivity contribution in [1.82, 2.24) is 4.98 Å². The number of nitrogens with zero attached hydrogens (tertiary/aromatic N) is 1. The molecule has 0 aliphatic rings. The van der Waals surface area contributed by atoms with E-state index in [1.807, 2.05) is 0 Å². The van der Waals surface area contributed by atoms with Crippen molar-refractivity contribution >= 4 is 28.6 Å². The zero-order valence-electron chi connectivity index (χ0n) is 8.76. The molecule has 0 amide bonds. The van der Waals surface area contributed by atoms with Gasteiger partial charge in [-0.05, 0) is 35.1 Å². The lowest BCUT2D eigenvalue weighted by Crippen LogP contribution is -2.10. The number of ether oxygens (including phenoxy) is 1. The van der Waals surface area contributed by atoms with Crippen molar-refractivity contribution in [3.05, 3.63) is 26.6 Å². The highest BCUT2D eigenvalue weighted by Crippen LogP contribution is 2.27. The molecule has 0 aliphatic carbocycles. The SMILES string of the molecule is COC(=O)Cc1c(C)ncc(C(F)F)c1I. The van der Waals surface area contributed by atoms with Gasteiger partial charge in [0.15, 0.2) is 0 Å². The maximum absolute atomic E-state index is 12.6. The fourth-order valence-corrected chi connectivity index (χ4v) is 2.16. The molecule has 0 aromatic carbocycles. The summed E-state index contributed by atoms with van der Waals surface area (Å²) in [6.45, 7) is 1.68. The lowest BCUT2D eigenvalue weighted by molar-refractivity contribution is -0.139. The maximum atomic E-state index is 12.6. The van der Waals surface area contributed by atoms with Crippen LogP contribution in [0.4, 0.5) is 8.78 Å². The number of carbonyl (C=O) groups excluding carboxylic acids is 1. The first-order valence-electron chi connectivity index (χ1n) is 4.46. The molecule has 0 unspecified atom stereocenters. The summed E-state index contributed by atoms with van der Waals surface area (Å²) in [4.78, 5) is 15.0. The van der Waals surface area contributed by atoms with E-state index in [9.17, 15) is 13.6 Å². The summed E-state index contributed by atoms with van der Waals surface area (Å²) in [5, 5.41) is 0. The van der Waals surface area contributed by atoms with Gasteiger partial charge in [-0.3, -0.25) is 9.78 Å². The number of pyridine rings is 1. The molecule has 1 aromatic rings. The van der Waals surface area contributed by atoms with E-state index < -0.39 is 12.4 Å². The van der Waals surface area contributed by atoms with Gasteiger partial charge in [-0.1, -0.05) is 0 Å². The van der Waals surface area contributed by atoms with Crippen molar-refractivity contribution in [1.29, 1.82) is 0 Å². The van der Waals surface area contributed by atoms with Crippen LogP contribution in [0.25, 0.3) is 0 Å². The highest BCUT2D eigenvalue weighted by atomic mass is 127. The monoisotopic (exact) mass is 341 g/mol. The van der Waals surface area contributed by atoms with E-state index in [-0.39, 0.29) is 12.0 Å². The zero-order chi connectivity index (χ0) is 12.3. The Morgan fingerprint density at radius 1 is 1.62 bits per heavy atom. The summed E-state index contributed by atoms with van der Waals surface area (Å²) in [5.41, 5.74) is 0.926. The number of hydrogen-bond donors (Lipinski definition) is 0. The lowest BCUT2D eigenvalue weighted by Gasteiger charge is -2.10.